The van der Waals surface area contributed by atoms with Crippen LogP contribution in [-0.4, -0.2) is 55.9 Å². The van der Waals surface area contributed by atoms with Crippen molar-refractivity contribution in [3.8, 4) is 12.1 Å². The highest BCUT2D eigenvalue weighted by atomic mass is 32.2. The summed E-state index contributed by atoms with van der Waals surface area (Å²) in [5.74, 6) is 0.0925. The minimum absolute atomic E-state index is 0.0463. The Labute approximate surface area is 197 Å². The Morgan fingerprint density at radius 3 is 1.58 bits per heavy atom. The molecule has 0 saturated heterocycles. The van der Waals surface area contributed by atoms with E-state index in [-0.39, 0.29) is 11.5 Å². The molecule has 33 heavy (non-hydrogen) atoms. The van der Waals surface area contributed by atoms with Crippen molar-refractivity contribution in [3.63, 3.8) is 0 Å². The summed E-state index contributed by atoms with van der Waals surface area (Å²) in [6, 6.07) is 18.9. The molecule has 0 unspecified atom stereocenters. The molecule has 2 rings (SSSR count). The quantitative estimate of drug-likeness (QED) is 0.399. The lowest BCUT2D eigenvalue weighted by Crippen LogP contribution is -2.33. The average Bonchev–Trinajstić information content (AvgIpc) is 2.82. The molecule has 7 heteroatoms. The largest absolute Gasteiger partial charge is 0.294 e. The zero-order valence-corrected chi connectivity index (χ0v) is 19.7. The van der Waals surface area contributed by atoms with Crippen molar-refractivity contribution in [2.24, 2.45) is 0 Å². The van der Waals surface area contributed by atoms with Crippen molar-refractivity contribution in [3.05, 3.63) is 96.1 Å². The molecule has 6 nitrogen and oxygen atoms in total. The number of hydrogen-bond acceptors (Lipinski definition) is 6. The van der Waals surface area contributed by atoms with Gasteiger partial charge in [-0.25, -0.2) is 8.42 Å². The third-order valence-electron chi connectivity index (χ3n) is 5.14. The number of sulfone groups is 1. The highest BCUT2D eigenvalue weighted by molar-refractivity contribution is 7.91. The summed E-state index contributed by atoms with van der Waals surface area (Å²) in [6.45, 7) is 10.5. The fraction of sp³-hybridized carbons (Fsp3) is 0.308. The van der Waals surface area contributed by atoms with Gasteiger partial charge in [-0.05, 0) is 35.4 Å². The van der Waals surface area contributed by atoms with E-state index in [4.69, 9.17) is 10.5 Å². The Kier molecular flexibility index (Phi) is 10.5. The Balaban J connectivity index is 1.95. The summed E-state index contributed by atoms with van der Waals surface area (Å²) in [6.07, 6.45) is 3.50. The highest BCUT2D eigenvalue weighted by Gasteiger charge is 2.16. The molecule has 0 aliphatic heterocycles. The monoisotopic (exact) mass is 462 g/mol. The standard InChI is InChI=1S/C26H30N4O2S/c1-3-11-29(21-25-9-5-7-23(17-25)19-27)13-15-33(31,32)16-14-30(12-4-2)22-26-10-6-8-24(18-26)20-28/h3-10,17-18H,1-2,11-16,21-22H2. The summed E-state index contributed by atoms with van der Waals surface area (Å²) in [4.78, 5) is 4.02. The number of benzene rings is 2. The van der Waals surface area contributed by atoms with Crippen LogP contribution in [0.25, 0.3) is 0 Å². The normalized spacial score (nSPS) is 11.2. The van der Waals surface area contributed by atoms with Gasteiger partial charge >= 0.3 is 0 Å². The van der Waals surface area contributed by atoms with Crippen LogP contribution in [0.4, 0.5) is 0 Å². The third-order valence-corrected chi connectivity index (χ3v) is 6.75. The maximum Gasteiger partial charge on any atom is 0.152 e. The summed E-state index contributed by atoms with van der Waals surface area (Å²) in [5.41, 5.74) is 3.10. The molecule has 0 spiro atoms. The maximum absolute atomic E-state index is 12.8. The highest BCUT2D eigenvalue weighted by Crippen LogP contribution is 2.10. The number of rotatable bonds is 14. The van der Waals surface area contributed by atoms with Crippen LogP contribution in [0.2, 0.25) is 0 Å². The number of hydrogen-bond donors (Lipinski definition) is 0. The van der Waals surface area contributed by atoms with Crippen LogP contribution in [0.1, 0.15) is 22.3 Å². The SMILES string of the molecule is C=CCN(CCS(=O)(=O)CCN(CC=C)Cc1cccc(C#N)c1)Cc1cccc(C#N)c1. The minimum atomic E-state index is -3.28. The van der Waals surface area contributed by atoms with Crippen molar-refractivity contribution in [2.75, 3.05) is 37.7 Å². The van der Waals surface area contributed by atoms with Crippen molar-refractivity contribution >= 4 is 9.84 Å². The second-order valence-electron chi connectivity index (χ2n) is 7.82. The average molecular weight is 463 g/mol. The molecule has 0 bridgehead atoms. The number of nitrogens with zero attached hydrogens (tertiary/aromatic N) is 4. The van der Waals surface area contributed by atoms with Crippen LogP contribution in [0.5, 0.6) is 0 Å². The van der Waals surface area contributed by atoms with Crippen LogP contribution in [-0.2, 0) is 22.9 Å². The van der Waals surface area contributed by atoms with Crippen molar-refractivity contribution in [1.29, 1.82) is 10.5 Å². The molecular weight excluding hydrogens is 432 g/mol. The Morgan fingerprint density at radius 1 is 0.788 bits per heavy atom. The van der Waals surface area contributed by atoms with Gasteiger partial charge in [-0.1, -0.05) is 36.4 Å². The lowest BCUT2D eigenvalue weighted by atomic mass is 10.1. The summed E-state index contributed by atoms with van der Waals surface area (Å²) >= 11 is 0. The fourth-order valence-electron chi connectivity index (χ4n) is 3.47. The van der Waals surface area contributed by atoms with E-state index in [1.54, 1.807) is 24.3 Å². The topological polar surface area (TPSA) is 88.2 Å². The third kappa shape index (κ3) is 9.43. The van der Waals surface area contributed by atoms with E-state index < -0.39 is 9.84 Å². The molecule has 0 N–H and O–H groups in total. The smallest absolute Gasteiger partial charge is 0.152 e. The van der Waals surface area contributed by atoms with Gasteiger partial charge in [-0.3, -0.25) is 9.80 Å². The van der Waals surface area contributed by atoms with Gasteiger partial charge in [0.25, 0.3) is 0 Å². The van der Waals surface area contributed by atoms with Crippen molar-refractivity contribution in [1.82, 2.24) is 9.80 Å². The minimum Gasteiger partial charge on any atom is -0.294 e. The van der Waals surface area contributed by atoms with Gasteiger partial charge in [-0.2, -0.15) is 10.5 Å². The zero-order chi connectivity index (χ0) is 24.1. The molecule has 0 atom stereocenters. The lowest BCUT2D eigenvalue weighted by molar-refractivity contribution is 0.307. The predicted molar refractivity (Wildman–Crippen MR) is 132 cm³/mol. The van der Waals surface area contributed by atoms with Crippen LogP contribution in [0.3, 0.4) is 0 Å². The Bertz CT molecular complexity index is 1050. The molecule has 0 heterocycles. The summed E-state index contributed by atoms with van der Waals surface area (Å²) < 4.78 is 25.5. The first-order chi connectivity index (χ1) is 15.9. The van der Waals surface area contributed by atoms with Crippen LogP contribution < -0.4 is 0 Å². The second kappa shape index (κ2) is 13.3. The molecule has 0 fully saturated rings. The van der Waals surface area contributed by atoms with Gasteiger partial charge < -0.3 is 0 Å². The first-order valence-electron chi connectivity index (χ1n) is 10.7. The Morgan fingerprint density at radius 2 is 1.21 bits per heavy atom. The number of nitriles is 2. The van der Waals surface area contributed by atoms with Crippen LogP contribution in [0, 0.1) is 22.7 Å². The van der Waals surface area contributed by atoms with E-state index in [1.165, 1.54) is 0 Å². The van der Waals surface area contributed by atoms with Gasteiger partial charge in [0.05, 0.1) is 34.8 Å². The molecule has 0 aliphatic rings. The molecule has 0 aromatic heterocycles. The molecule has 0 radical (unpaired) electrons. The van der Waals surface area contributed by atoms with E-state index in [1.807, 2.05) is 46.2 Å². The first-order valence-corrected chi connectivity index (χ1v) is 12.6. The first kappa shape index (κ1) is 26.0. The summed E-state index contributed by atoms with van der Waals surface area (Å²) in [5, 5.41) is 18.2. The van der Waals surface area contributed by atoms with Crippen LogP contribution >= 0.6 is 0 Å². The Hall–Kier alpha value is -3.23. The molecule has 0 saturated carbocycles. The van der Waals surface area contributed by atoms with Gasteiger partial charge in [0.2, 0.25) is 0 Å². The maximum atomic E-state index is 12.8. The van der Waals surface area contributed by atoms with E-state index in [9.17, 15) is 8.42 Å². The summed E-state index contributed by atoms with van der Waals surface area (Å²) in [7, 11) is -3.28. The van der Waals surface area contributed by atoms with Gasteiger partial charge in [0.15, 0.2) is 9.84 Å². The molecular formula is C26H30N4O2S. The van der Waals surface area contributed by atoms with E-state index >= 15 is 0 Å². The van der Waals surface area contributed by atoms with Crippen molar-refractivity contribution in [2.45, 2.75) is 13.1 Å². The lowest BCUT2D eigenvalue weighted by Gasteiger charge is -2.23. The van der Waals surface area contributed by atoms with Gasteiger partial charge in [-0.15, -0.1) is 13.2 Å². The van der Waals surface area contributed by atoms with Gasteiger partial charge in [0, 0.05) is 39.3 Å². The molecule has 2 aromatic rings. The molecule has 172 valence electrons. The van der Waals surface area contributed by atoms with E-state index in [0.717, 1.165) is 11.1 Å². The zero-order valence-electron chi connectivity index (χ0n) is 18.9. The molecule has 0 aliphatic carbocycles. The van der Waals surface area contributed by atoms with E-state index in [2.05, 4.69) is 25.3 Å². The van der Waals surface area contributed by atoms with E-state index in [0.29, 0.717) is 50.4 Å². The molecule has 2 aromatic carbocycles. The van der Waals surface area contributed by atoms with Gasteiger partial charge in [0.1, 0.15) is 0 Å². The predicted octanol–water partition coefficient (Wildman–Crippen LogP) is 3.52. The second-order valence-corrected chi connectivity index (χ2v) is 10.1. The fourth-order valence-corrected chi connectivity index (χ4v) is 4.75. The molecule has 0 amide bonds. The van der Waals surface area contributed by atoms with Crippen molar-refractivity contribution < 1.29 is 8.42 Å². The van der Waals surface area contributed by atoms with Crippen LogP contribution in [0.15, 0.2) is 73.8 Å².